The minimum absolute atomic E-state index is 0.0218. The Morgan fingerprint density at radius 1 is 1.07 bits per heavy atom. The van der Waals surface area contributed by atoms with Gasteiger partial charge in [-0.05, 0) is 55.5 Å². The number of anilines is 2. The lowest BCUT2D eigenvalue weighted by Gasteiger charge is -2.17. The highest BCUT2D eigenvalue weighted by molar-refractivity contribution is 7.80. The van der Waals surface area contributed by atoms with Gasteiger partial charge in [0.05, 0.1) is 15.7 Å². The standard InChI is InChI=1S/C19H18Cl3N3O3S/c1-3-17(26)23-12-5-6-13(21)15(9-12)24-19(29)25-18(27)10(2)28-16-7-4-11(20)8-14(16)22/h4-10H,3H2,1-2H3,(H,23,26)(H2,24,25,27,29). The molecule has 0 spiro atoms. The van der Waals surface area contributed by atoms with E-state index in [0.29, 0.717) is 33.6 Å². The largest absolute Gasteiger partial charge is 0.479 e. The lowest BCUT2D eigenvalue weighted by Crippen LogP contribution is -2.42. The first kappa shape index (κ1) is 23.2. The minimum atomic E-state index is -0.876. The third-order valence-electron chi connectivity index (χ3n) is 3.62. The summed E-state index contributed by atoms with van der Waals surface area (Å²) in [7, 11) is 0. The lowest BCUT2D eigenvalue weighted by atomic mass is 10.2. The van der Waals surface area contributed by atoms with Gasteiger partial charge in [0.25, 0.3) is 5.91 Å². The summed E-state index contributed by atoms with van der Waals surface area (Å²) in [5.74, 6) is -0.305. The molecule has 10 heteroatoms. The molecular formula is C19H18Cl3N3O3S. The number of carbonyl (C=O) groups is 2. The van der Waals surface area contributed by atoms with Crippen LogP contribution in [0.4, 0.5) is 11.4 Å². The molecule has 6 nitrogen and oxygen atoms in total. The summed E-state index contributed by atoms with van der Waals surface area (Å²) < 4.78 is 5.55. The Balaban J connectivity index is 1.98. The topological polar surface area (TPSA) is 79.5 Å². The third kappa shape index (κ3) is 7.04. The second-order valence-electron chi connectivity index (χ2n) is 5.87. The summed E-state index contributed by atoms with van der Waals surface area (Å²) in [5.41, 5.74) is 0.979. The number of carbonyl (C=O) groups excluding carboxylic acids is 2. The Morgan fingerprint density at radius 3 is 2.45 bits per heavy atom. The average molecular weight is 475 g/mol. The van der Waals surface area contributed by atoms with E-state index in [4.69, 9.17) is 51.8 Å². The highest BCUT2D eigenvalue weighted by Gasteiger charge is 2.18. The van der Waals surface area contributed by atoms with Crippen LogP contribution in [0.2, 0.25) is 15.1 Å². The number of hydrogen-bond donors (Lipinski definition) is 3. The molecule has 0 fully saturated rings. The molecule has 0 aliphatic heterocycles. The van der Waals surface area contributed by atoms with E-state index in [1.54, 1.807) is 44.2 Å². The van der Waals surface area contributed by atoms with Gasteiger partial charge >= 0.3 is 0 Å². The Hall–Kier alpha value is -2.06. The zero-order chi connectivity index (χ0) is 21.6. The number of thiocarbonyl (C=S) groups is 1. The van der Waals surface area contributed by atoms with Crippen molar-refractivity contribution in [2.24, 2.45) is 0 Å². The molecule has 3 N–H and O–H groups in total. The van der Waals surface area contributed by atoms with Crippen molar-refractivity contribution in [1.82, 2.24) is 5.32 Å². The van der Waals surface area contributed by atoms with Gasteiger partial charge in [0.1, 0.15) is 5.75 Å². The highest BCUT2D eigenvalue weighted by atomic mass is 35.5. The van der Waals surface area contributed by atoms with Gasteiger partial charge in [-0.2, -0.15) is 0 Å². The molecule has 0 aliphatic carbocycles. The molecule has 0 aromatic heterocycles. The fourth-order valence-corrected chi connectivity index (χ4v) is 2.96. The Labute approximate surface area is 188 Å². The van der Waals surface area contributed by atoms with Crippen LogP contribution in [0.5, 0.6) is 5.75 Å². The van der Waals surface area contributed by atoms with Crippen molar-refractivity contribution in [3.63, 3.8) is 0 Å². The minimum Gasteiger partial charge on any atom is -0.479 e. The van der Waals surface area contributed by atoms with Crippen LogP contribution in [0, 0.1) is 0 Å². The number of rotatable bonds is 6. The van der Waals surface area contributed by atoms with Gasteiger partial charge in [-0.15, -0.1) is 0 Å². The first-order valence-corrected chi connectivity index (χ1v) is 10.1. The SMILES string of the molecule is CCC(=O)Nc1ccc(Cl)c(NC(=S)NC(=O)C(C)Oc2ccc(Cl)cc2Cl)c1. The second-order valence-corrected chi connectivity index (χ2v) is 7.53. The van der Waals surface area contributed by atoms with E-state index in [2.05, 4.69) is 16.0 Å². The molecule has 2 rings (SSSR count). The van der Waals surface area contributed by atoms with E-state index in [1.165, 1.54) is 6.07 Å². The van der Waals surface area contributed by atoms with E-state index in [-0.39, 0.29) is 16.0 Å². The van der Waals surface area contributed by atoms with E-state index < -0.39 is 12.0 Å². The monoisotopic (exact) mass is 473 g/mol. The van der Waals surface area contributed by atoms with Crippen LogP contribution >= 0.6 is 47.0 Å². The fraction of sp³-hybridized carbons (Fsp3) is 0.211. The van der Waals surface area contributed by atoms with Crippen molar-refractivity contribution in [2.75, 3.05) is 10.6 Å². The molecule has 1 atom stereocenters. The average Bonchev–Trinajstić information content (AvgIpc) is 2.66. The maximum Gasteiger partial charge on any atom is 0.266 e. The molecule has 0 bridgehead atoms. The predicted molar refractivity (Wildman–Crippen MR) is 121 cm³/mol. The number of amides is 2. The first-order chi connectivity index (χ1) is 13.7. The summed E-state index contributed by atoms with van der Waals surface area (Å²) in [6.07, 6.45) is -0.533. The van der Waals surface area contributed by atoms with Crippen LogP contribution in [-0.2, 0) is 9.59 Å². The van der Waals surface area contributed by atoms with E-state index in [0.717, 1.165) is 0 Å². The summed E-state index contributed by atoms with van der Waals surface area (Å²) in [6.45, 7) is 3.30. The van der Waals surface area contributed by atoms with Gasteiger partial charge in [-0.3, -0.25) is 14.9 Å². The van der Waals surface area contributed by atoms with E-state index in [9.17, 15) is 9.59 Å². The number of nitrogens with one attached hydrogen (secondary N) is 3. The fourth-order valence-electron chi connectivity index (χ4n) is 2.13. The zero-order valence-electron chi connectivity index (χ0n) is 15.5. The van der Waals surface area contributed by atoms with Crippen molar-refractivity contribution in [2.45, 2.75) is 26.4 Å². The van der Waals surface area contributed by atoms with E-state index in [1.807, 2.05) is 0 Å². The molecule has 0 heterocycles. The molecular weight excluding hydrogens is 457 g/mol. The van der Waals surface area contributed by atoms with Crippen molar-refractivity contribution in [3.05, 3.63) is 51.5 Å². The zero-order valence-corrected chi connectivity index (χ0v) is 18.6. The summed E-state index contributed by atoms with van der Waals surface area (Å²) in [5, 5.41) is 9.20. The molecule has 2 amide bonds. The molecule has 0 aliphatic rings. The maximum atomic E-state index is 12.3. The van der Waals surface area contributed by atoms with Gasteiger partial charge < -0.3 is 15.4 Å². The molecule has 0 saturated carbocycles. The predicted octanol–water partition coefficient (Wildman–Crippen LogP) is 5.28. The number of ether oxygens (including phenoxy) is 1. The molecule has 2 aromatic carbocycles. The molecule has 2 aromatic rings. The van der Waals surface area contributed by atoms with Crippen LogP contribution in [0.3, 0.4) is 0 Å². The lowest BCUT2D eigenvalue weighted by molar-refractivity contribution is -0.125. The van der Waals surface area contributed by atoms with Crippen LogP contribution in [0.1, 0.15) is 20.3 Å². The summed E-state index contributed by atoms with van der Waals surface area (Å²) in [6, 6.07) is 9.57. The Morgan fingerprint density at radius 2 is 1.79 bits per heavy atom. The van der Waals surface area contributed by atoms with Crippen LogP contribution in [-0.4, -0.2) is 23.0 Å². The maximum absolute atomic E-state index is 12.3. The normalized spacial score (nSPS) is 11.3. The van der Waals surface area contributed by atoms with Crippen LogP contribution in [0.15, 0.2) is 36.4 Å². The quantitative estimate of drug-likeness (QED) is 0.497. The third-order valence-corrected chi connectivity index (χ3v) is 4.69. The van der Waals surface area contributed by atoms with E-state index >= 15 is 0 Å². The Bertz CT molecular complexity index is 940. The van der Waals surface area contributed by atoms with Crippen molar-refractivity contribution in [3.8, 4) is 5.75 Å². The molecule has 154 valence electrons. The van der Waals surface area contributed by atoms with Crippen molar-refractivity contribution in [1.29, 1.82) is 0 Å². The van der Waals surface area contributed by atoms with Gasteiger partial charge in [0.2, 0.25) is 5.91 Å². The molecule has 29 heavy (non-hydrogen) atoms. The number of hydrogen-bond acceptors (Lipinski definition) is 4. The summed E-state index contributed by atoms with van der Waals surface area (Å²) >= 11 is 23.2. The molecule has 0 radical (unpaired) electrons. The van der Waals surface area contributed by atoms with Crippen molar-refractivity contribution >= 4 is 75.3 Å². The highest BCUT2D eigenvalue weighted by Crippen LogP contribution is 2.28. The van der Waals surface area contributed by atoms with Crippen LogP contribution < -0.4 is 20.7 Å². The number of halogens is 3. The van der Waals surface area contributed by atoms with Gasteiger partial charge in [0, 0.05) is 17.1 Å². The second kappa shape index (κ2) is 10.6. The molecule has 0 saturated heterocycles. The summed E-state index contributed by atoms with van der Waals surface area (Å²) in [4.78, 5) is 23.9. The van der Waals surface area contributed by atoms with Gasteiger partial charge in [-0.25, -0.2) is 0 Å². The smallest absolute Gasteiger partial charge is 0.266 e. The Kier molecular flexibility index (Phi) is 8.52. The van der Waals surface area contributed by atoms with Crippen molar-refractivity contribution < 1.29 is 14.3 Å². The van der Waals surface area contributed by atoms with Gasteiger partial charge in [-0.1, -0.05) is 41.7 Å². The van der Waals surface area contributed by atoms with Gasteiger partial charge in [0.15, 0.2) is 11.2 Å². The first-order valence-electron chi connectivity index (χ1n) is 8.52. The van der Waals surface area contributed by atoms with Crippen LogP contribution in [0.25, 0.3) is 0 Å². The number of benzene rings is 2. The molecule has 1 unspecified atom stereocenters.